The molecule has 3 heterocycles. The van der Waals surface area contributed by atoms with Crippen molar-refractivity contribution in [3.8, 4) is 0 Å². The summed E-state index contributed by atoms with van der Waals surface area (Å²) in [5, 5.41) is 1.23. The topological polar surface area (TPSA) is 89.5 Å². The van der Waals surface area contributed by atoms with Crippen molar-refractivity contribution in [1.82, 2.24) is 15.0 Å². The Morgan fingerprint density at radius 2 is 2.05 bits per heavy atom. The van der Waals surface area contributed by atoms with Gasteiger partial charge >= 0.3 is 5.97 Å². The van der Waals surface area contributed by atoms with Crippen molar-refractivity contribution >= 4 is 39.3 Å². The second-order valence-electron chi connectivity index (χ2n) is 3.85. The van der Waals surface area contributed by atoms with Crippen LogP contribution in [0.2, 0.25) is 0 Å². The average molecular weight is 277 g/mol. The first-order chi connectivity index (χ1) is 9.15. The molecule has 0 aliphatic carbocycles. The Kier molecular flexibility index (Phi) is 2.71. The lowest BCUT2D eigenvalue weighted by molar-refractivity contribution is -0.172. The van der Waals surface area contributed by atoms with Crippen LogP contribution in [0.4, 0.5) is 0 Å². The van der Waals surface area contributed by atoms with Crippen LogP contribution in [0, 0.1) is 0 Å². The number of hydrogen-bond donors (Lipinski definition) is 0. The maximum absolute atomic E-state index is 11.9. The number of thiophene rings is 1. The highest BCUT2D eigenvalue weighted by Gasteiger charge is 2.33. The van der Waals surface area contributed by atoms with Crippen LogP contribution < -0.4 is 0 Å². The number of carbonyl (C=O) groups is 3. The smallest absolute Gasteiger partial charge is 0.324 e. The first-order valence-corrected chi connectivity index (χ1v) is 6.24. The molecule has 0 radical (unpaired) electrons. The van der Waals surface area contributed by atoms with E-state index in [-0.39, 0.29) is 17.7 Å². The number of carbonyl (C=O) groups excluding carboxylic acids is 3. The van der Waals surface area contributed by atoms with Gasteiger partial charge in [0.2, 0.25) is 0 Å². The van der Waals surface area contributed by atoms with E-state index in [2.05, 4.69) is 9.97 Å². The summed E-state index contributed by atoms with van der Waals surface area (Å²) < 4.78 is 0. The molecule has 2 aromatic heterocycles. The van der Waals surface area contributed by atoms with Crippen LogP contribution >= 0.6 is 11.3 Å². The van der Waals surface area contributed by atoms with Crippen LogP contribution in [0.1, 0.15) is 22.5 Å². The molecule has 0 saturated carbocycles. The van der Waals surface area contributed by atoms with Gasteiger partial charge in [0.15, 0.2) is 0 Å². The first kappa shape index (κ1) is 11.7. The Bertz CT molecular complexity index is 647. The van der Waals surface area contributed by atoms with Crippen LogP contribution in [0.3, 0.4) is 0 Å². The van der Waals surface area contributed by atoms with Crippen LogP contribution in [0.15, 0.2) is 18.6 Å². The van der Waals surface area contributed by atoms with E-state index in [1.165, 1.54) is 6.33 Å². The summed E-state index contributed by atoms with van der Waals surface area (Å²) in [4.78, 5) is 48.1. The molecule has 3 rings (SSSR count). The van der Waals surface area contributed by atoms with Crippen LogP contribution in [-0.4, -0.2) is 32.8 Å². The van der Waals surface area contributed by atoms with E-state index < -0.39 is 17.8 Å². The van der Waals surface area contributed by atoms with Crippen molar-refractivity contribution < 1.29 is 19.2 Å². The maximum Gasteiger partial charge on any atom is 0.373 e. The molecule has 2 amide bonds. The van der Waals surface area contributed by atoms with Gasteiger partial charge in [-0.2, -0.15) is 0 Å². The molecular weight excluding hydrogens is 270 g/mol. The second kappa shape index (κ2) is 4.39. The zero-order chi connectivity index (χ0) is 13.4. The molecule has 0 bridgehead atoms. The molecular formula is C11H7N3O4S. The van der Waals surface area contributed by atoms with E-state index in [0.717, 1.165) is 11.3 Å². The largest absolute Gasteiger partial charge is 0.373 e. The summed E-state index contributed by atoms with van der Waals surface area (Å²) in [7, 11) is 0. The number of amides is 2. The van der Waals surface area contributed by atoms with Crippen molar-refractivity contribution in [2.75, 3.05) is 0 Å². The van der Waals surface area contributed by atoms with E-state index in [0.29, 0.717) is 15.3 Å². The number of fused-ring (bicyclic) bond motifs is 1. The zero-order valence-corrected chi connectivity index (χ0v) is 10.3. The fourth-order valence-corrected chi connectivity index (χ4v) is 2.52. The Morgan fingerprint density at radius 1 is 1.32 bits per heavy atom. The maximum atomic E-state index is 11.9. The van der Waals surface area contributed by atoms with Gasteiger partial charge in [-0.1, -0.05) is 0 Å². The molecule has 8 heteroatoms. The van der Waals surface area contributed by atoms with Gasteiger partial charge in [-0.25, -0.2) is 14.8 Å². The van der Waals surface area contributed by atoms with Gasteiger partial charge < -0.3 is 4.84 Å². The molecule has 96 valence electrons. The first-order valence-electron chi connectivity index (χ1n) is 5.43. The van der Waals surface area contributed by atoms with Crippen molar-refractivity contribution in [2.24, 2.45) is 0 Å². The predicted octanol–water partition coefficient (Wildman–Crippen LogP) is 0.912. The molecule has 0 spiro atoms. The van der Waals surface area contributed by atoms with Gasteiger partial charge in [0, 0.05) is 24.4 Å². The van der Waals surface area contributed by atoms with Crippen molar-refractivity contribution in [3.63, 3.8) is 0 Å². The van der Waals surface area contributed by atoms with E-state index in [1.807, 2.05) is 0 Å². The van der Waals surface area contributed by atoms with Crippen LogP contribution in [0.25, 0.3) is 10.2 Å². The molecule has 1 saturated heterocycles. The predicted molar refractivity (Wildman–Crippen MR) is 63.9 cm³/mol. The Balaban J connectivity index is 1.84. The van der Waals surface area contributed by atoms with E-state index in [9.17, 15) is 14.4 Å². The summed E-state index contributed by atoms with van der Waals surface area (Å²) in [6, 6.07) is 1.56. The summed E-state index contributed by atoms with van der Waals surface area (Å²) in [5.74, 6) is -1.75. The Labute approximate surface area is 110 Å². The van der Waals surface area contributed by atoms with Gasteiger partial charge in [0.1, 0.15) is 16.0 Å². The fraction of sp³-hybridized carbons (Fsp3) is 0.182. The molecule has 2 aromatic rings. The minimum Gasteiger partial charge on any atom is -0.324 e. The molecule has 0 N–H and O–H groups in total. The number of nitrogens with zero attached hydrogens (tertiary/aromatic N) is 3. The van der Waals surface area contributed by atoms with Gasteiger partial charge in [-0.3, -0.25) is 9.59 Å². The molecule has 0 atom stereocenters. The van der Waals surface area contributed by atoms with Crippen LogP contribution in [-0.2, 0) is 14.4 Å². The Morgan fingerprint density at radius 3 is 2.74 bits per heavy atom. The lowest BCUT2D eigenvalue weighted by Crippen LogP contribution is -2.31. The van der Waals surface area contributed by atoms with E-state index >= 15 is 0 Å². The minimum absolute atomic E-state index is 0.0734. The highest BCUT2D eigenvalue weighted by molar-refractivity contribution is 7.20. The number of hydrogen-bond acceptors (Lipinski definition) is 7. The zero-order valence-electron chi connectivity index (χ0n) is 9.53. The lowest BCUT2D eigenvalue weighted by atomic mass is 10.4. The number of aromatic nitrogens is 2. The monoisotopic (exact) mass is 277 g/mol. The second-order valence-corrected chi connectivity index (χ2v) is 4.89. The number of imide groups is 1. The third kappa shape index (κ3) is 2.06. The molecule has 1 aliphatic rings. The standard InChI is InChI=1S/C11H7N3O4S/c15-8-1-2-9(16)14(8)18-11(17)7-3-6-4-12-5-13-10(6)19-7/h3-5H,1-2H2. The number of rotatable bonds is 2. The third-order valence-corrected chi connectivity index (χ3v) is 3.62. The van der Waals surface area contributed by atoms with Crippen molar-refractivity contribution in [3.05, 3.63) is 23.5 Å². The van der Waals surface area contributed by atoms with Gasteiger partial charge in [-0.05, 0) is 6.07 Å². The fourth-order valence-electron chi connectivity index (χ4n) is 1.67. The Hall–Kier alpha value is -2.35. The van der Waals surface area contributed by atoms with Crippen LogP contribution in [0.5, 0.6) is 0 Å². The van der Waals surface area contributed by atoms with Crippen molar-refractivity contribution in [2.45, 2.75) is 12.8 Å². The summed E-state index contributed by atoms with van der Waals surface area (Å²) in [6.45, 7) is 0. The van der Waals surface area contributed by atoms with E-state index in [1.54, 1.807) is 12.3 Å². The van der Waals surface area contributed by atoms with E-state index in [4.69, 9.17) is 4.84 Å². The molecule has 0 unspecified atom stereocenters. The summed E-state index contributed by atoms with van der Waals surface area (Å²) >= 11 is 1.12. The third-order valence-electron chi connectivity index (χ3n) is 2.58. The highest BCUT2D eigenvalue weighted by Crippen LogP contribution is 2.24. The van der Waals surface area contributed by atoms with Crippen molar-refractivity contribution in [1.29, 1.82) is 0 Å². The van der Waals surface area contributed by atoms with Gasteiger partial charge in [0.25, 0.3) is 11.8 Å². The minimum atomic E-state index is -0.744. The summed E-state index contributed by atoms with van der Waals surface area (Å²) in [6.07, 6.45) is 3.09. The summed E-state index contributed by atoms with van der Waals surface area (Å²) in [5.41, 5.74) is 0. The highest BCUT2D eigenvalue weighted by atomic mass is 32.1. The molecule has 1 fully saturated rings. The normalized spacial score (nSPS) is 15.3. The number of hydroxylamine groups is 2. The lowest BCUT2D eigenvalue weighted by Gasteiger charge is -2.11. The quantitative estimate of drug-likeness (QED) is 0.758. The molecule has 7 nitrogen and oxygen atoms in total. The molecule has 1 aliphatic heterocycles. The van der Waals surface area contributed by atoms with Gasteiger partial charge in [-0.15, -0.1) is 16.4 Å². The SMILES string of the molecule is O=C(ON1C(=O)CCC1=O)c1cc2cncnc2s1. The molecule has 19 heavy (non-hydrogen) atoms. The van der Waals surface area contributed by atoms with Gasteiger partial charge in [0.05, 0.1) is 0 Å². The molecule has 0 aromatic carbocycles. The average Bonchev–Trinajstić information content (AvgIpc) is 2.97.